The summed E-state index contributed by atoms with van der Waals surface area (Å²) in [4.78, 5) is 3.11. The zero-order chi connectivity index (χ0) is 16.2. The molecule has 0 saturated heterocycles. The van der Waals surface area contributed by atoms with Gasteiger partial charge in [-0.15, -0.1) is 0 Å². The monoisotopic (exact) mass is 326 g/mol. The standard InChI is InChI=1S/C18H18N2O2S/c1-22-15-9-7-14(8-10-15)12-20-17(21)16(19-18(20)23)11-13-5-3-2-4-6-13/h2-10,21H,11-12H2,1H3,(H,19,23). The van der Waals surface area contributed by atoms with Gasteiger partial charge in [-0.1, -0.05) is 42.5 Å². The molecule has 3 aromatic rings. The van der Waals surface area contributed by atoms with E-state index < -0.39 is 0 Å². The van der Waals surface area contributed by atoms with Crippen molar-refractivity contribution in [2.45, 2.75) is 13.0 Å². The Kier molecular flexibility index (Phi) is 4.48. The van der Waals surface area contributed by atoms with Crippen LogP contribution in [-0.2, 0) is 13.0 Å². The molecule has 0 amide bonds. The Morgan fingerprint density at radius 3 is 2.39 bits per heavy atom. The molecule has 2 N–H and O–H groups in total. The van der Waals surface area contributed by atoms with Gasteiger partial charge in [-0.05, 0) is 35.5 Å². The summed E-state index contributed by atoms with van der Waals surface area (Å²) in [6.45, 7) is 0.514. The van der Waals surface area contributed by atoms with Crippen LogP contribution in [-0.4, -0.2) is 21.8 Å². The van der Waals surface area contributed by atoms with E-state index in [1.54, 1.807) is 11.7 Å². The van der Waals surface area contributed by atoms with Gasteiger partial charge in [0.2, 0.25) is 5.88 Å². The Bertz CT molecular complexity index is 836. The van der Waals surface area contributed by atoms with Gasteiger partial charge in [-0.25, -0.2) is 0 Å². The average Bonchev–Trinajstić information content (AvgIpc) is 2.84. The minimum atomic E-state index is 0.190. The minimum absolute atomic E-state index is 0.190. The molecule has 3 rings (SSSR count). The summed E-state index contributed by atoms with van der Waals surface area (Å²) in [5.74, 6) is 0.995. The van der Waals surface area contributed by atoms with Gasteiger partial charge in [0.15, 0.2) is 4.77 Å². The summed E-state index contributed by atoms with van der Waals surface area (Å²) in [5.41, 5.74) is 2.90. The number of aromatic hydroxyl groups is 1. The van der Waals surface area contributed by atoms with Crippen LogP contribution < -0.4 is 4.74 Å². The third-order valence-corrected chi connectivity index (χ3v) is 4.07. The van der Waals surface area contributed by atoms with Gasteiger partial charge in [-0.2, -0.15) is 0 Å². The third kappa shape index (κ3) is 3.46. The molecule has 0 atom stereocenters. The van der Waals surface area contributed by atoms with E-state index >= 15 is 0 Å². The number of methoxy groups -OCH3 is 1. The molecule has 0 saturated carbocycles. The molecule has 0 unspecified atom stereocenters. The first-order chi connectivity index (χ1) is 11.2. The second-order valence-electron chi connectivity index (χ2n) is 5.33. The molecular weight excluding hydrogens is 308 g/mol. The number of imidazole rings is 1. The highest BCUT2D eigenvalue weighted by atomic mass is 32.1. The van der Waals surface area contributed by atoms with Crippen LogP contribution in [0.1, 0.15) is 16.8 Å². The Morgan fingerprint density at radius 1 is 1.04 bits per heavy atom. The van der Waals surface area contributed by atoms with E-state index in [1.165, 1.54) is 0 Å². The molecule has 0 bridgehead atoms. The van der Waals surface area contributed by atoms with Crippen LogP contribution in [0.25, 0.3) is 0 Å². The summed E-state index contributed by atoms with van der Waals surface area (Å²) >= 11 is 5.35. The summed E-state index contributed by atoms with van der Waals surface area (Å²) in [6, 6.07) is 17.7. The van der Waals surface area contributed by atoms with E-state index in [4.69, 9.17) is 17.0 Å². The first-order valence-corrected chi connectivity index (χ1v) is 7.75. The highest BCUT2D eigenvalue weighted by Gasteiger charge is 2.12. The molecule has 0 aliphatic rings. The van der Waals surface area contributed by atoms with Crippen molar-refractivity contribution in [1.82, 2.24) is 9.55 Å². The van der Waals surface area contributed by atoms with Crippen molar-refractivity contribution < 1.29 is 9.84 Å². The zero-order valence-electron chi connectivity index (χ0n) is 12.8. The Morgan fingerprint density at radius 2 is 1.74 bits per heavy atom. The molecule has 1 heterocycles. The Labute approximate surface area is 140 Å². The van der Waals surface area contributed by atoms with Crippen LogP contribution in [0.3, 0.4) is 0 Å². The van der Waals surface area contributed by atoms with E-state index in [2.05, 4.69) is 4.98 Å². The average molecular weight is 326 g/mol. The number of hydrogen-bond acceptors (Lipinski definition) is 3. The molecule has 5 heteroatoms. The second-order valence-corrected chi connectivity index (χ2v) is 5.72. The first kappa shape index (κ1) is 15.4. The van der Waals surface area contributed by atoms with Gasteiger partial charge in [0.1, 0.15) is 5.75 Å². The molecule has 0 fully saturated rings. The highest BCUT2D eigenvalue weighted by molar-refractivity contribution is 7.71. The van der Waals surface area contributed by atoms with Crippen molar-refractivity contribution in [3.05, 3.63) is 76.2 Å². The molecule has 23 heavy (non-hydrogen) atoms. The fourth-order valence-electron chi connectivity index (χ4n) is 2.49. The third-order valence-electron chi connectivity index (χ3n) is 3.75. The molecular formula is C18H18N2O2S. The lowest BCUT2D eigenvalue weighted by Crippen LogP contribution is -1.99. The van der Waals surface area contributed by atoms with E-state index in [0.29, 0.717) is 17.7 Å². The maximum atomic E-state index is 10.5. The highest BCUT2D eigenvalue weighted by Crippen LogP contribution is 2.22. The molecule has 1 aromatic heterocycles. The van der Waals surface area contributed by atoms with Crippen molar-refractivity contribution in [1.29, 1.82) is 0 Å². The summed E-state index contributed by atoms with van der Waals surface area (Å²) in [5, 5.41) is 10.5. The summed E-state index contributed by atoms with van der Waals surface area (Å²) < 4.78 is 7.38. The number of H-pyrrole nitrogens is 1. The van der Waals surface area contributed by atoms with Gasteiger partial charge in [0.05, 0.1) is 19.3 Å². The van der Waals surface area contributed by atoms with Gasteiger partial charge in [-0.3, -0.25) is 4.57 Å². The van der Waals surface area contributed by atoms with Gasteiger partial charge >= 0.3 is 0 Å². The normalized spacial score (nSPS) is 10.7. The first-order valence-electron chi connectivity index (χ1n) is 7.35. The number of hydrogen-bond donors (Lipinski definition) is 2. The number of nitrogens with one attached hydrogen (secondary N) is 1. The smallest absolute Gasteiger partial charge is 0.213 e. The number of rotatable bonds is 5. The van der Waals surface area contributed by atoms with E-state index in [-0.39, 0.29) is 5.88 Å². The quantitative estimate of drug-likeness (QED) is 0.699. The van der Waals surface area contributed by atoms with E-state index in [0.717, 1.165) is 22.6 Å². The number of aromatic amines is 1. The van der Waals surface area contributed by atoms with Crippen molar-refractivity contribution in [2.75, 3.05) is 7.11 Å². The number of benzene rings is 2. The molecule has 4 nitrogen and oxygen atoms in total. The van der Waals surface area contributed by atoms with E-state index in [9.17, 15) is 5.11 Å². The fraction of sp³-hybridized carbons (Fsp3) is 0.167. The van der Waals surface area contributed by atoms with Gasteiger partial charge in [0.25, 0.3) is 0 Å². The van der Waals surface area contributed by atoms with Gasteiger partial charge < -0.3 is 14.8 Å². The lowest BCUT2D eigenvalue weighted by Gasteiger charge is -2.06. The summed E-state index contributed by atoms with van der Waals surface area (Å²) in [6.07, 6.45) is 0.617. The van der Waals surface area contributed by atoms with Crippen molar-refractivity contribution >= 4 is 12.2 Å². The van der Waals surface area contributed by atoms with Crippen molar-refractivity contribution in [2.24, 2.45) is 0 Å². The lowest BCUT2D eigenvalue weighted by molar-refractivity contribution is 0.413. The van der Waals surface area contributed by atoms with Crippen LogP contribution in [0.5, 0.6) is 11.6 Å². The Hall–Kier alpha value is -2.53. The molecule has 0 aliphatic carbocycles. The van der Waals surface area contributed by atoms with Crippen LogP contribution in [0.2, 0.25) is 0 Å². The topological polar surface area (TPSA) is 50.2 Å². The minimum Gasteiger partial charge on any atom is -0.497 e. The summed E-state index contributed by atoms with van der Waals surface area (Å²) in [7, 11) is 1.64. The van der Waals surface area contributed by atoms with Crippen molar-refractivity contribution in [3.63, 3.8) is 0 Å². The number of aromatic nitrogens is 2. The molecule has 0 spiro atoms. The second kappa shape index (κ2) is 6.71. The molecule has 0 radical (unpaired) electrons. The predicted octanol–water partition coefficient (Wildman–Crippen LogP) is 3.90. The Balaban J connectivity index is 1.84. The van der Waals surface area contributed by atoms with Crippen LogP contribution >= 0.6 is 12.2 Å². The number of nitrogens with zero attached hydrogens (tertiary/aromatic N) is 1. The van der Waals surface area contributed by atoms with Crippen molar-refractivity contribution in [3.8, 4) is 11.6 Å². The molecule has 0 aliphatic heterocycles. The largest absolute Gasteiger partial charge is 0.497 e. The SMILES string of the molecule is COc1ccc(Cn2c(O)c(Cc3ccccc3)[nH]c2=S)cc1. The van der Waals surface area contributed by atoms with Crippen LogP contribution in [0.15, 0.2) is 54.6 Å². The maximum absolute atomic E-state index is 10.5. The van der Waals surface area contributed by atoms with Crippen LogP contribution in [0.4, 0.5) is 0 Å². The molecule has 118 valence electrons. The predicted molar refractivity (Wildman–Crippen MR) is 92.6 cm³/mol. The van der Waals surface area contributed by atoms with Gasteiger partial charge in [0, 0.05) is 6.42 Å². The van der Waals surface area contributed by atoms with E-state index in [1.807, 2.05) is 54.6 Å². The van der Waals surface area contributed by atoms with Crippen LogP contribution in [0, 0.1) is 4.77 Å². The number of ether oxygens (including phenoxy) is 1. The maximum Gasteiger partial charge on any atom is 0.213 e. The molecule has 2 aromatic carbocycles. The zero-order valence-corrected chi connectivity index (χ0v) is 13.6. The lowest BCUT2D eigenvalue weighted by atomic mass is 10.1. The fourth-order valence-corrected chi connectivity index (χ4v) is 2.77.